The first-order chi connectivity index (χ1) is 53.3. The Kier molecular flexibility index (Phi) is 29.9. The number of hydrogen-bond acceptors (Lipinski definition) is 20. The van der Waals surface area contributed by atoms with Crippen molar-refractivity contribution in [2.75, 3.05) is 53.3 Å². The molecule has 0 fully saturated rings. The second-order valence-corrected chi connectivity index (χ2v) is 23.3. The van der Waals surface area contributed by atoms with Gasteiger partial charge in [0.1, 0.15) is 17.5 Å². The summed E-state index contributed by atoms with van der Waals surface area (Å²) >= 11 is 5.68. The molecule has 15 N–H and O–H groups in total. The van der Waals surface area contributed by atoms with Crippen molar-refractivity contribution in [3.63, 3.8) is 0 Å². The van der Waals surface area contributed by atoms with Crippen LogP contribution in [0, 0.1) is 47.1 Å². The first-order valence-electron chi connectivity index (χ1n) is 33.1. The number of H-pyrrole nitrogens is 3. The molecule has 0 radical (unpaired) electrons. The first kappa shape index (κ1) is 80.1. The summed E-state index contributed by atoms with van der Waals surface area (Å²) in [4.78, 5) is 77.7. The second-order valence-electron chi connectivity index (χ2n) is 23.1. The number of carboxylic acids is 1. The number of carbonyl (C=O) groups excluding carboxylic acids is 3. The third-order valence-corrected chi connectivity index (χ3v) is 15.9. The lowest BCUT2D eigenvalue weighted by Gasteiger charge is -2.08. The van der Waals surface area contributed by atoms with Crippen LogP contribution in [0.25, 0.3) is 67.1 Å². The minimum Gasteiger partial charge on any atom is -0.478 e. The summed E-state index contributed by atoms with van der Waals surface area (Å²) in [6.07, 6.45) is 12.3. The van der Waals surface area contributed by atoms with Gasteiger partial charge in [0, 0.05) is 64.9 Å². The number of aliphatic imine (C=N–C) groups is 1. The molecular formula is C82H70ClN19O8. The number of benzene rings is 9. The molecule has 0 atom stereocenters. The zero-order valence-electron chi connectivity index (χ0n) is 59.0. The van der Waals surface area contributed by atoms with Gasteiger partial charge in [0.05, 0.1) is 132 Å². The maximum Gasteiger partial charge on any atom is 0.330 e. The van der Waals surface area contributed by atoms with Gasteiger partial charge < -0.3 is 62.7 Å². The van der Waals surface area contributed by atoms with Gasteiger partial charge in [0.25, 0.3) is 5.91 Å². The molecule has 27 nitrogen and oxygen atoms in total. The van der Waals surface area contributed by atoms with Gasteiger partial charge in [-0.2, -0.15) is 15.8 Å². The van der Waals surface area contributed by atoms with Gasteiger partial charge in [-0.25, -0.2) is 44.5 Å². The number of amides is 1. The molecule has 12 aromatic rings. The molecule has 0 bridgehead atoms. The van der Waals surface area contributed by atoms with Crippen LogP contribution in [0.15, 0.2) is 217 Å². The number of fused-ring (bicyclic) bond motifs is 4. The number of hydroxylamine groups is 1. The van der Waals surface area contributed by atoms with E-state index in [4.69, 9.17) is 68.0 Å². The van der Waals surface area contributed by atoms with Gasteiger partial charge in [0.15, 0.2) is 11.4 Å². The van der Waals surface area contributed by atoms with E-state index in [0.29, 0.717) is 70.6 Å². The number of para-hydroxylation sites is 4. The highest BCUT2D eigenvalue weighted by molar-refractivity contribution is 6.29. The third kappa shape index (κ3) is 24.3. The fourth-order valence-electron chi connectivity index (χ4n) is 10.1. The van der Waals surface area contributed by atoms with Crippen molar-refractivity contribution in [1.29, 1.82) is 15.8 Å². The molecular weight excluding hydrogens is 1410 g/mol. The predicted molar refractivity (Wildman–Crippen MR) is 428 cm³/mol. The van der Waals surface area contributed by atoms with Gasteiger partial charge in [-0.3, -0.25) is 15.0 Å². The monoisotopic (exact) mass is 1480 g/mol. The lowest BCUT2D eigenvalue weighted by atomic mass is 10.1. The predicted octanol–water partition coefficient (Wildman–Crippen LogP) is 14.9. The molecule has 28 heteroatoms. The highest BCUT2D eigenvalue weighted by Crippen LogP contribution is 2.31. The molecule has 1 aliphatic heterocycles. The molecule has 9 aromatic carbocycles. The van der Waals surface area contributed by atoms with E-state index in [1.807, 2.05) is 109 Å². The number of aliphatic carboxylic acids is 1. The molecule has 13 rings (SSSR count). The SMILES string of the molecule is COC(=O)/C=C/c1ccccc1N.COC(=O)/C=C/c1ccccc1NCc1nc2ccc(C#N)cc2[nH]1.N#Cc1ccc2nc(CNc3ccccc3/C=C/C(=O)NO)[nH]c2c1.N#Cc1ccc2nc(CNc3ccccc3/C=C/C(=O)O)[nH]c2c1.[C-]#[N+]c1ccc(N)c(N)c1.[C-]#[N+]c1ccc2c(c1)CC(CCl)=N2. The van der Waals surface area contributed by atoms with Crippen LogP contribution in [0.3, 0.4) is 0 Å². The average Bonchev–Trinajstić information content (AvgIpc) is 1.70. The van der Waals surface area contributed by atoms with Crippen molar-refractivity contribution in [2.24, 2.45) is 4.99 Å². The Morgan fingerprint density at radius 3 is 1.32 bits per heavy atom. The second kappa shape index (κ2) is 41.0. The Labute approximate surface area is 636 Å². The zero-order valence-corrected chi connectivity index (χ0v) is 59.8. The van der Waals surface area contributed by atoms with Gasteiger partial charge in [-0.1, -0.05) is 91.0 Å². The van der Waals surface area contributed by atoms with E-state index in [1.54, 1.807) is 109 Å². The van der Waals surface area contributed by atoms with Crippen molar-refractivity contribution in [3.8, 4) is 18.2 Å². The van der Waals surface area contributed by atoms with Crippen molar-refractivity contribution in [1.82, 2.24) is 35.4 Å². The molecule has 0 saturated carbocycles. The van der Waals surface area contributed by atoms with E-state index < -0.39 is 17.8 Å². The minimum atomic E-state index is -0.990. The summed E-state index contributed by atoms with van der Waals surface area (Å²) in [6.45, 7) is 14.9. The number of imidazole rings is 3. The van der Waals surface area contributed by atoms with Crippen LogP contribution in [0.4, 0.5) is 51.2 Å². The molecule has 4 heterocycles. The van der Waals surface area contributed by atoms with Gasteiger partial charge in [0.2, 0.25) is 0 Å². The van der Waals surface area contributed by atoms with E-state index >= 15 is 0 Å². The summed E-state index contributed by atoms with van der Waals surface area (Å²) in [5.41, 5.74) is 36.3. The van der Waals surface area contributed by atoms with E-state index in [9.17, 15) is 19.2 Å². The summed E-state index contributed by atoms with van der Waals surface area (Å²) in [6, 6.07) is 62.4. The first-order valence-corrected chi connectivity index (χ1v) is 33.6. The molecule has 0 saturated heterocycles. The van der Waals surface area contributed by atoms with Crippen LogP contribution < -0.4 is 38.6 Å². The molecule has 0 aliphatic carbocycles. The largest absolute Gasteiger partial charge is 0.478 e. The lowest BCUT2D eigenvalue weighted by molar-refractivity contribution is -0.135. The van der Waals surface area contributed by atoms with Crippen LogP contribution in [0.2, 0.25) is 0 Å². The molecule has 1 amide bonds. The number of nitrogens with one attached hydrogen (secondary N) is 7. The van der Waals surface area contributed by atoms with Crippen molar-refractivity contribution in [3.05, 3.63) is 297 Å². The van der Waals surface area contributed by atoms with Crippen LogP contribution in [-0.4, -0.2) is 89.8 Å². The van der Waals surface area contributed by atoms with Gasteiger partial charge in [-0.15, -0.1) is 11.6 Å². The fraction of sp³-hybridized carbons (Fsp3) is 0.0854. The number of rotatable bonds is 18. The van der Waals surface area contributed by atoms with Crippen molar-refractivity contribution < 1.29 is 39.0 Å². The summed E-state index contributed by atoms with van der Waals surface area (Å²) in [5.74, 6) is 0.326. The van der Waals surface area contributed by atoms with E-state index in [0.717, 1.165) is 119 Å². The number of nitrogen functional groups attached to an aromatic ring is 3. The van der Waals surface area contributed by atoms with Crippen molar-refractivity contribution >= 4 is 150 Å². The topological polar surface area (TPSA) is 432 Å². The number of nitriles is 3. The average molecular weight is 1490 g/mol. The minimum absolute atomic E-state index is 0.386. The fourth-order valence-corrected chi connectivity index (χ4v) is 10.3. The van der Waals surface area contributed by atoms with Crippen molar-refractivity contribution in [2.45, 2.75) is 26.1 Å². The number of anilines is 6. The molecule has 1 aliphatic rings. The maximum atomic E-state index is 11.3. The zero-order chi connectivity index (χ0) is 78.7. The smallest absolute Gasteiger partial charge is 0.330 e. The summed E-state index contributed by atoms with van der Waals surface area (Å²) < 4.78 is 9.05. The summed E-state index contributed by atoms with van der Waals surface area (Å²) in [7, 11) is 2.68. The Morgan fingerprint density at radius 1 is 0.518 bits per heavy atom. The van der Waals surface area contributed by atoms with Crippen LogP contribution in [0.1, 0.15) is 62.0 Å². The number of methoxy groups -OCH3 is 2. The molecule has 0 spiro atoms. The molecule has 110 heavy (non-hydrogen) atoms. The maximum absolute atomic E-state index is 11.3. The molecule has 3 aromatic heterocycles. The standard InChI is InChI=1S/C19H16N4O2.C18H15N5O2.C18H14N4O2.C10H7ClN2.C10H11NO2.C7H7N3/c1-25-19(24)9-7-14-4-2-3-5-15(14)21-12-18-22-16-8-6-13(11-20)10-17(16)23-18;19-10-12-5-7-15-16(9-12)22-17(21-15)11-20-14-4-2-1-3-13(14)6-8-18(24)23-25;19-10-12-5-7-15-16(9-12)22-17(21-15)11-20-14-4-2-1-3-13(14)6-8-18(23)24;1-12-8-2-3-10-7(4-8)5-9(6-11)13-10;1-13-10(12)7-6-8-4-2-3-5-9(8)11;1-10-5-2-3-6(8)7(9)4-5/h2-10,21H,12H2,1H3,(H,22,23);1-9,20,25H,11H2,(H,21,22)(H,23,24);1-9,20H,11H2,(H,21,22)(H,23,24);2-4H,5-6H2;2-7H,11H2,1H3;2-4H,8-9H2/b9-7+;2*8-6+;;7-6+;. The van der Waals surface area contributed by atoms with Crippen LogP contribution in [0.5, 0.6) is 0 Å². The number of halogens is 1. The number of aromatic nitrogens is 6. The number of alkyl halides is 1. The van der Waals surface area contributed by atoms with Gasteiger partial charge in [-0.05, 0) is 149 Å². The highest BCUT2D eigenvalue weighted by atomic mass is 35.5. The number of ether oxygens (including phenoxy) is 2. The van der Waals surface area contributed by atoms with E-state index in [-0.39, 0.29) is 5.97 Å². The van der Waals surface area contributed by atoms with E-state index in [2.05, 4.69) is 88.2 Å². The van der Waals surface area contributed by atoms with Gasteiger partial charge >= 0.3 is 17.9 Å². The normalized spacial score (nSPS) is 10.8. The Hall–Kier alpha value is -15.6. The molecule has 0 unspecified atom stereocenters. The number of carboxylic acid groups (broad SMARTS) is 1. The van der Waals surface area contributed by atoms with Crippen LogP contribution >= 0.6 is 11.6 Å². The Morgan fingerprint density at radius 2 is 0.918 bits per heavy atom. The Balaban J connectivity index is 0.000000171. The molecule has 548 valence electrons. The van der Waals surface area contributed by atoms with Crippen LogP contribution in [-0.2, 0) is 54.7 Å². The Bertz CT molecular complexity index is 5520. The number of hydrogen-bond donors (Lipinski definition) is 12. The number of carbonyl (C=O) groups is 4. The lowest BCUT2D eigenvalue weighted by Crippen LogP contribution is -2.14. The number of aromatic amines is 3. The third-order valence-electron chi connectivity index (χ3n) is 15.5. The number of esters is 2. The van der Waals surface area contributed by atoms with E-state index in [1.165, 1.54) is 32.4 Å². The number of nitrogens with zero attached hydrogens (tertiary/aromatic N) is 9. The summed E-state index contributed by atoms with van der Waals surface area (Å²) in [5, 5.41) is 53.9. The highest BCUT2D eigenvalue weighted by Gasteiger charge is 2.15. The number of nitrogens with two attached hydrogens (primary N) is 3. The quantitative estimate of drug-likeness (QED) is 0.00722.